The van der Waals surface area contributed by atoms with Crippen molar-refractivity contribution >= 4 is 11.9 Å². The van der Waals surface area contributed by atoms with Crippen molar-refractivity contribution < 1.29 is 19.1 Å². The largest absolute Gasteiger partial charge is 0.462 e. The Morgan fingerprint density at radius 1 is 1.09 bits per heavy atom. The fourth-order valence-corrected chi connectivity index (χ4v) is 3.84. The Morgan fingerprint density at radius 2 is 1.65 bits per heavy atom. The van der Waals surface area contributed by atoms with E-state index in [1.54, 1.807) is 0 Å². The Bertz CT molecular complexity index is 446. The predicted molar refractivity (Wildman–Crippen MR) is 88.8 cm³/mol. The standard InChI is InChI=1S/C19H30O4/c1-5-16(20)23-19(12-6-7-13-19)14-8-10-15(11-9-14)22-17(21)18(2,3)4/h5,14-15H,1,6-13H2,2-4H3. The molecule has 0 aromatic rings. The molecule has 0 heterocycles. The highest BCUT2D eigenvalue weighted by atomic mass is 16.6. The molecule has 0 N–H and O–H groups in total. The quantitative estimate of drug-likeness (QED) is 0.575. The first-order chi connectivity index (χ1) is 10.8. The van der Waals surface area contributed by atoms with Crippen LogP contribution in [0.4, 0.5) is 0 Å². The monoisotopic (exact) mass is 322 g/mol. The minimum absolute atomic E-state index is 0.00605. The SMILES string of the molecule is C=CC(=O)OC1(C2CCC(OC(=O)C(C)(C)C)CC2)CCCC1. The van der Waals surface area contributed by atoms with E-state index in [0.717, 1.165) is 51.4 Å². The molecule has 23 heavy (non-hydrogen) atoms. The molecule has 0 amide bonds. The van der Waals surface area contributed by atoms with Crippen molar-refractivity contribution in [2.24, 2.45) is 11.3 Å². The molecule has 2 saturated carbocycles. The summed E-state index contributed by atoms with van der Waals surface area (Å²) in [7, 11) is 0. The summed E-state index contributed by atoms with van der Waals surface area (Å²) in [6, 6.07) is 0. The van der Waals surface area contributed by atoms with Gasteiger partial charge in [-0.3, -0.25) is 4.79 Å². The molecule has 0 spiro atoms. The molecule has 0 atom stereocenters. The number of rotatable bonds is 4. The zero-order chi connectivity index (χ0) is 17.1. The molecule has 0 aromatic heterocycles. The second kappa shape index (κ2) is 7.06. The molecule has 2 fully saturated rings. The van der Waals surface area contributed by atoms with Gasteiger partial charge in [-0.1, -0.05) is 6.58 Å². The molecule has 2 aliphatic rings. The van der Waals surface area contributed by atoms with Gasteiger partial charge < -0.3 is 9.47 Å². The second-order valence-corrected chi connectivity index (χ2v) is 8.03. The lowest BCUT2D eigenvalue weighted by atomic mass is 9.75. The van der Waals surface area contributed by atoms with Gasteiger partial charge in [0.25, 0.3) is 0 Å². The maximum Gasteiger partial charge on any atom is 0.330 e. The van der Waals surface area contributed by atoms with Crippen LogP contribution in [0.25, 0.3) is 0 Å². The van der Waals surface area contributed by atoms with Gasteiger partial charge in [-0.2, -0.15) is 0 Å². The van der Waals surface area contributed by atoms with Crippen LogP contribution < -0.4 is 0 Å². The van der Waals surface area contributed by atoms with Crippen molar-refractivity contribution in [1.29, 1.82) is 0 Å². The molecule has 0 aliphatic heterocycles. The molecule has 4 nitrogen and oxygen atoms in total. The molecule has 2 aliphatic carbocycles. The topological polar surface area (TPSA) is 52.6 Å². The maximum atomic E-state index is 12.0. The minimum atomic E-state index is -0.455. The van der Waals surface area contributed by atoms with Crippen molar-refractivity contribution in [3.05, 3.63) is 12.7 Å². The van der Waals surface area contributed by atoms with E-state index in [0.29, 0.717) is 5.92 Å². The fraction of sp³-hybridized carbons (Fsp3) is 0.789. The van der Waals surface area contributed by atoms with E-state index in [-0.39, 0.29) is 23.6 Å². The minimum Gasteiger partial charge on any atom is -0.462 e. The van der Waals surface area contributed by atoms with Gasteiger partial charge in [0.05, 0.1) is 5.41 Å². The molecule has 130 valence electrons. The molecule has 0 saturated heterocycles. The molecular weight excluding hydrogens is 292 g/mol. The highest BCUT2D eigenvalue weighted by Crippen LogP contribution is 2.46. The highest BCUT2D eigenvalue weighted by Gasteiger charge is 2.46. The lowest BCUT2D eigenvalue weighted by Gasteiger charge is -2.41. The normalized spacial score (nSPS) is 27.3. The van der Waals surface area contributed by atoms with Crippen LogP contribution in [0.5, 0.6) is 0 Å². The van der Waals surface area contributed by atoms with Gasteiger partial charge in [0.15, 0.2) is 0 Å². The Kier molecular flexibility index (Phi) is 5.53. The molecule has 4 heteroatoms. The van der Waals surface area contributed by atoms with Crippen LogP contribution >= 0.6 is 0 Å². The van der Waals surface area contributed by atoms with E-state index in [1.807, 2.05) is 20.8 Å². The maximum absolute atomic E-state index is 12.0. The number of hydrogen-bond acceptors (Lipinski definition) is 4. The van der Waals surface area contributed by atoms with E-state index in [9.17, 15) is 9.59 Å². The van der Waals surface area contributed by atoms with Gasteiger partial charge in [-0.25, -0.2) is 4.79 Å². The third kappa shape index (κ3) is 4.36. The Labute approximate surface area is 139 Å². The lowest BCUT2D eigenvalue weighted by Crippen LogP contribution is -2.43. The highest BCUT2D eigenvalue weighted by molar-refractivity contribution is 5.81. The first kappa shape index (κ1) is 18.0. The third-order valence-electron chi connectivity index (χ3n) is 5.22. The summed E-state index contributed by atoms with van der Waals surface area (Å²) in [6.45, 7) is 9.15. The van der Waals surface area contributed by atoms with Gasteiger partial charge in [0, 0.05) is 6.08 Å². The summed E-state index contributed by atoms with van der Waals surface area (Å²) in [4.78, 5) is 23.7. The average molecular weight is 322 g/mol. The number of esters is 2. The molecule has 2 rings (SSSR count). The van der Waals surface area contributed by atoms with Crippen molar-refractivity contribution in [1.82, 2.24) is 0 Å². The van der Waals surface area contributed by atoms with E-state index in [2.05, 4.69) is 6.58 Å². The van der Waals surface area contributed by atoms with Crippen LogP contribution in [-0.4, -0.2) is 23.6 Å². The van der Waals surface area contributed by atoms with Gasteiger partial charge in [0.2, 0.25) is 0 Å². The van der Waals surface area contributed by atoms with Crippen LogP contribution in [0, 0.1) is 11.3 Å². The first-order valence-electron chi connectivity index (χ1n) is 8.83. The van der Waals surface area contributed by atoms with Gasteiger partial charge >= 0.3 is 11.9 Å². The summed E-state index contributed by atoms with van der Waals surface area (Å²) in [5.74, 6) is -0.0683. The molecule has 0 unspecified atom stereocenters. The Morgan fingerprint density at radius 3 is 2.13 bits per heavy atom. The Balaban J connectivity index is 1.93. The summed E-state index contributed by atoms with van der Waals surface area (Å²) in [5, 5.41) is 0. The summed E-state index contributed by atoms with van der Waals surface area (Å²) in [5.41, 5.74) is -0.771. The number of ether oxygens (including phenoxy) is 2. The Hall–Kier alpha value is -1.32. The predicted octanol–water partition coefficient (Wildman–Crippen LogP) is 4.18. The van der Waals surface area contributed by atoms with Crippen LogP contribution in [-0.2, 0) is 19.1 Å². The van der Waals surface area contributed by atoms with Crippen LogP contribution in [0.2, 0.25) is 0 Å². The van der Waals surface area contributed by atoms with Crippen LogP contribution in [0.3, 0.4) is 0 Å². The van der Waals surface area contributed by atoms with Gasteiger partial charge in [-0.05, 0) is 78.1 Å². The average Bonchev–Trinajstić information content (AvgIpc) is 2.96. The third-order valence-corrected chi connectivity index (χ3v) is 5.22. The van der Waals surface area contributed by atoms with E-state index >= 15 is 0 Å². The molecule has 0 bridgehead atoms. The number of carbonyl (C=O) groups excluding carboxylic acids is 2. The summed E-state index contributed by atoms with van der Waals surface area (Å²) in [6.07, 6.45) is 9.02. The van der Waals surface area contributed by atoms with Crippen molar-refractivity contribution in [2.45, 2.75) is 83.8 Å². The van der Waals surface area contributed by atoms with E-state index in [4.69, 9.17) is 9.47 Å². The van der Waals surface area contributed by atoms with Gasteiger partial charge in [-0.15, -0.1) is 0 Å². The van der Waals surface area contributed by atoms with Gasteiger partial charge in [0.1, 0.15) is 11.7 Å². The van der Waals surface area contributed by atoms with Crippen LogP contribution in [0.15, 0.2) is 12.7 Å². The zero-order valence-electron chi connectivity index (χ0n) is 14.7. The van der Waals surface area contributed by atoms with E-state index in [1.165, 1.54) is 6.08 Å². The van der Waals surface area contributed by atoms with Crippen molar-refractivity contribution in [3.63, 3.8) is 0 Å². The molecule has 0 radical (unpaired) electrons. The van der Waals surface area contributed by atoms with E-state index < -0.39 is 5.41 Å². The zero-order valence-corrected chi connectivity index (χ0v) is 14.7. The molecular formula is C19H30O4. The first-order valence-corrected chi connectivity index (χ1v) is 8.83. The summed E-state index contributed by atoms with van der Waals surface area (Å²) < 4.78 is 11.4. The smallest absolute Gasteiger partial charge is 0.330 e. The second-order valence-electron chi connectivity index (χ2n) is 8.03. The number of hydrogen-bond donors (Lipinski definition) is 0. The molecule has 0 aromatic carbocycles. The summed E-state index contributed by atoms with van der Waals surface area (Å²) >= 11 is 0. The van der Waals surface area contributed by atoms with Crippen molar-refractivity contribution in [3.8, 4) is 0 Å². The van der Waals surface area contributed by atoms with Crippen molar-refractivity contribution in [2.75, 3.05) is 0 Å². The number of carbonyl (C=O) groups is 2. The lowest BCUT2D eigenvalue weighted by molar-refractivity contribution is -0.166. The van der Waals surface area contributed by atoms with Crippen LogP contribution in [0.1, 0.15) is 72.1 Å². The fourth-order valence-electron chi connectivity index (χ4n) is 3.84.